The molecule has 0 radical (unpaired) electrons. The van der Waals surface area contributed by atoms with E-state index in [1.807, 2.05) is 78.9 Å². The van der Waals surface area contributed by atoms with Crippen LogP contribution in [0.25, 0.3) is 33.9 Å². The Bertz CT molecular complexity index is 1520. The van der Waals surface area contributed by atoms with Gasteiger partial charge in [0.15, 0.2) is 11.9 Å². The smallest absolute Gasteiger partial charge is 0.314 e. The molecule has 36 heavy (non-hydrogen) atoms. The SMILES string of the molecule is O=C(O)C1(c2ccc(-c3ccc(-c4oncc4C(O)c4nnc(-c5ccccc5)o4)cc3)cc2)CC1. The molecular weight excluding hydrogens is 458 g/mol. The van der Waals surface area contributed by atoms with Gasteiger partial charge >= 0.3 is 5.97 Å². The Labute approximate surface area is 205 Å². The van der Waals surface area contributed by atoms with Gasteiger partial charge in [0.05, 0.1) is 17.2 Å². The van der Waals surface area contributed by atoms with Gasteiger partial charge in [-0.2, -0.15) is 0 Å². The van der Waals surface area contributed by atoms with Crippen molar-refractivity contribution in [2.45, 2.75) is 24.4 Å². The molecule has 1 saturated carbocycles. The quantitative estimate of drug-likeness (QED) is 0.324. The highest BCUT2D eigenvalue weighted by Crippen LogP contribution is 2.48. The summed E-state index contributed by atoms with van der Waals surface area (Å²) in [6, 6.07) is 24.6. The fraction of sp³-hybridized carbons (Fsp3) is 0.143. The van der Waals surface area contributed by atoms with Gasteiger partial charge in [-0.1, -0.05) is 71.9 Å². The Morgan fingerprint density at radius 3 is 2.11 bits per heavy atom. The van der Waals surface area contributed by atoms with E-state index < -0.39 is 17.5 Å². The number of hydrogen-bond acceptors (Lipinski definition) is 7. The zero-order valence-electron chi connectivity index (χ0n) is 19.0. The van der Waals surface area contributed by atoms with Crippen molar-refractivity contribution in [3.8, 4) is 33.9 Å². The van der Waals surface area contributed by atoms with Crippen LogP contribution in [0.2, 0.25) is 0 Å². The van der Waals surface area contributed by atoms with Crippen LogP contribution in [0.4, 0.5) is 0 Å². The molecule has 0 saturated heterocycles. The molecule has 0 bridgehead atoms. The highest BCUT2D eigenvalue weighted by molar-refractivity contribution is 5.85. The minimum Gasteiger partial charge on any atom is -0.481 e. The lowest BCUT2D eigenvalue weighted by molar-refractivity contribution is -0.140. The average Bonchev–Trinajstić information content (AvgIpc) is 3.35. The van der Waals surface area contributed by atoms with E-state index in [9.17, 15) is 15.0 Å². The van der Waals surface area contributed by atoms with Gasteiger partial charge in [-0.05, 0) is 41.7 Å². The fourth-order valence-electron chi connectivity index (χ4n) is 4.38. The van der Waals surface area contributed by atoms with Crippen molar-refractivity contribution in [2.24, 2.45) is 0 Å². The van der Waals surface area contributed by atoms with E-state index in [0.29, 0.717) is 30.1 Å². The minimum atomic E-state index is -1.20. The molecule has 2 aromatic heterocycles. The predicted octanol–water partition coefficient (Wildman–Crippen LogP) is 5.26. The Morgan fingerprint density at radius 2 is 1.47 bits per heavy atom. The molecule has 1 fully saturated rings. The van der Waals surface area contributed by atoms with Gasteiger partial charge in [0.1, 0.15) is 0 Å². The molecule has 1 unspecified atom stereocenters. The maximum absolute atomic E-state index is 11.6. The second-order valence-corrected chi connectivity index (χ2v) is 8.87. The van der Waals surface area contributed by atoms with Gasteiger partial charge < -0.3 is 19.2 Å². The summed E-state index contributed by atoms with van der Waals surface area (Å²) in [6.45, 7) is 0. The summed E-state index contributed by atoms with van der Waals surface area (Å²) in [6.07, 6.45) is 1.60. The number of nitrogens with zero attached hydrogens (tertiary/aromatic N) is 3. The molecule has 6 rings (SSSR count). The van der Waals surface area contributed by atoms with E-state index in [0.717, 1.165) is 27.8 Å². The Morgan fingerprint density at radius 1 is 0.833 bits per heavy atom. The monoisotopic (exact) mass is 479 g/mol. The Balaban J connectivity index is 1.23. The van der Waals surface area contributed by atoms with Crippen LogP contribution in [-0.2, 0) is 10.2 Å². The van der Waals surface area contributed by atoms with Crippen molar-refractivity contribution in [2.75, 3.05) is 0 Å². The Hall–Kier alpha value is -4.56. The molecule has 8 nitrogen and oxygen atoms in total. The van der Waals surface area contributed by atoms with E-state index in [-0.39, 0.29) is 5.89 Å². The average molecular weight is 479 g/mol. The lowest BCUT2D eigenvalue weighted by atomic mass is 9.93. The molecule has 2 heterocycles. The first-order valence-electron chi connectivity index (χ1n) is 11.5. The van der Waals surface area contributed by atoms with E-state index in [2.05, 4.69) is 15.4 Å². The van der Waals surface area contributed by atoms with Crippen molar-refractivity contribution in [1.29, 1.82) is 0 Å². The second kappa shape index (κ2) is 8.58. The summed E-state index contributed by atoms with van der Waals surface area (Å²) >= 11 is 0. The number of aliphatic hydroxyl groups excluding tert-OH is 1. The lowest BCUT2D eigenvalue weighted by Gasteiger charge is -2.11. The van der Waals surface area contributed by atoms with Crippen LogP contribution in [0.1, 0.15) is 36.0 Å². The van der Waals surface area contributed by atoms with Crippen molar-refractivity contribution in [1.82, 2.24) is 15.4 Å². The van der Waals surface area contributed by atoms with Gasteiger partial charge in [-0.15, -0.1) is 10.2 Å². The number of hydrogen-bond donors (Lipinski definition) is 2. The molecule has 8 heteroatoms. The van der Waals surface area contributed by atoms with E-state index in [1.165, 1.54) is 6.20 Å². The molecule has 1 atom stereocenters. The molecule has 1 aliphatic carbocycles. The first kappa shape index (κ1) is 21.9. The number of rotatable bonds is 7. The fourth-order valence-corrected chi connectivity index (χ4v) is 4.38. The largest absolute Gasteiger partial charge is 0.481 e. The van der Waals surface area contributed by atoms with Crippen LogP contribution in [0.15, 0.2) is 94.0 Å². The van der Waals surface area contributed by atoms with Crippen LogP contribution in [0.5, 0.6) is 0 Å². The highest BCUT2D eigenvalue weighted by Gasteiger charge is 2.51. The number of aliphatic carboxylic acids is 1. The van der Waals surface area contributed by atoms with Crippen molar-refractivity contribution < 1.29 is 23.9 Å². The van der Waals surface area contributed by atoms with Crippen molar-refractivity contribution >= 4 is 5.97 Å². The number of benzene rings is 3. The first-order chi connectivity index (χ1) is 17.5. The number of aromatic nitrogens is 3. The highest BCUT2D eigenvalue weighted by atomic mass is 16.5. The minimum absolute atomic E-state index is 0.0461. The van der Waals surface area contributed by atoms with E-state index >= 15 is 0 Å². The summed E-state index contributed by atoms with van der Waals surface area (Å²) in [5.41, 5.74) is 3.97. The number of carboxylic acid groups (broad SMARTS) is 1. The van der Waals surface area contributed by atoms with E-state index in [1.54, 1.807) is 0 Å². The molecule has 3 aromatic carbocycles. The van der Waals surface area contributed by atoms with Gasteiger partial charge in [0.25, 0.3) is 0 Å². The zero-order chi connectivity index (χ0) is 24.7. The molecule has 5 aromatic rings. The molecule has 178 valence electrons. The Kier molecular flexibility index (Phi) is 5.23. The van der Waals surface area contributed by atoms with Crippen LogP contribution >= 0.6 is 0 Å². The normalized spacial score (nSPS) is 14.9. The third-order valence-corrected chi connectivity index (χ3v) is 6.67. The molecule has 0 aliphatic heterocycles. The first-order valence-corrected chi connectivity index (χ1v) is 11.5. The summed E-state index contributed by atoms with van der Waals surface area (Å²) in [7, 11) is 0. The molecular formula is C28H21N3O5. The van der Waals surface area contributed by atoms with E-state index in [4.69, 9.17) is 8.94 Å². The number of carbonyl (C=O) groups is 1. The molecule has 1 aliphatic rings. The van der Waals surface area contributed by atoms with Crippen LogP contribution in [0, 0.1) is 0 Å². The van der Waals surface area contributed by atoms with Crippen molar-refractivity contribution in [3.63, 3.8) is 0 Å². The third-order valence-electron chi connectivity index (χ3n) is 6.67. The molecule has 0 amide bonds. The number of aliphatic hydroxyl groups is 1. The summed E-state index contributed by atoms with van der Waals surface area (Å²) in [5, 5.41) is 32.3. The predicted molar refractivity (Wildman–Crippen MR) is 130 cm³/mol. The standard InChI is InChI=1S/C28H21N3O5/c32-23(26-31-30-25(35-26)20-4-2-1-3-5-20)22-16-29-36-24(22)19-8-6-17(7-9-19)18-10-12-21(13-11-18)28(14-15-28)27(33)34/h1-13,16,23,32H,14-15H2,(H,33,34). The second-order valence-electron chi connectivity index (χ2n) is 8.87. The number of carboxylic acids is 1. The summed E-state index contributed by atoms with van der Waals surface area (Å²) < 4.78 is 11.2. The van der Waals surface area contributed by atoms with Crippen molar-refractivity contribution in [3.05, 3.63) is 102 Å². The topological polar surface area (TPSA) is 122 Å². The van der Waals surface area contributed by atoms with Gasteiger partial charge in [-0.3, -0.25) is 4.79 Å². The van der Waals surface area contributed by atoms with Crippen LogP contribution in [0.3, 0.4) is 0 Å². The summed E-state index contributed by atoms with van der Waals surface area (Å²) in [4.78, 5) is 11.6. The van der Waals surface area contributed by atoms with Crippen LogP contribution < -0.4 is 0 Å². The maximum Gasteiger partial charge on any atom is 0.314 e. The zero-order valence-corrected chi connectivity index (χ0v) is 19.0. The van der Waals surface area contributed by atoms with Gasteiger partial charge in [0, 0.05) is 11.1 Å². The van der Waals surface area contributed by atoms with Gasteiger partial charge in [-0.25, -0.2) is 0 Å². The maximum atomic E-state index is 11.6. The lowest BCUT2D eigenvalue weighted by Crippen LogP contribution is -2.19. The molecule has 0 spiro atoms. The van der Waals surface area contributed by atoms with Crippen LogP contribution in [-0.4, -0.2) is 31.5 Å². The van der Waals surface area contributed by atoms with Gasteiger partial charge in [0.2, 0.25) is 11.8 Å². The molecule has 2 N–H and O–H groups in total. The third kappa shape index (κ3) is 3.77. The summed E-state index contributed by atoms with van der Waals surface area (Å²) in [5.74, 6) is 0.00117.